The first kappa shape index (κ1) is 12.8. The van der Waals surface area contributed by atoms with E-state index in [4.69, 9.17) is 9.26 Å². The number of fused-ring (bicyclic) bond motifs is 1. The summed E-state index contributed by atoms with van der Waals surface area (Å²) < 4.78 is 10.1. The lowest BCUT2D eigenvalue weighted by molar-refractivity contribution is 0.0517. The van der Waals surface area contributed by atoms with E-state index in [1.54, 1.807) is 6.92 Å². The normalized spacial score (nSPS) is 15.6. The standard InChI is InChI=1S/C13H16N4O3/c1-2-19-13(18)10-9-11(17-6-4-3-5-7-17)14-8-15-12(9)20-16-10/h8H,2-7H2,1H3. The van der Waals surface area contributed by atoms with Crippen molar-refractivity contribution in [2.24, 2.45) is 0 Å². The number of rotatable bonds is 3. The minimum Gasteiger partial charge on any atom is -0.461 e. The van der Waals surface area contributed by atoms with Crippen molar-refractivity contribution < 1.29 is 14.1 Å². The van der Waals surface area contributed by atoms with Gasteiger partial charge in [0.1, 0.15) is 17.5 Å². The molecule has 0 spiro atoms. The van der Waals surface area contributed by atoms with Gasteiger partial charge in [0.25, 0.3) is 5.71 Å². The third-order valence-electron chi connectivity index (χ3n) is 3.38. The van der Waals surface area contributed by atoms with Crippen LogP contribution in [-0.2, 0) is 4.74 Å². The van der Waals surface area contributed by atoms with Gasteiger partial charge in [0, 0.05) is 13.1 Å². The van der Waals surface area contributed by atoms with E-state index in [-0.39, 0.29) is 5.69 Å². The molecule has 0 aliphatic carbocycles. The Morgan fingerprint density at radius 2 is 2.15 bits per heavy atom. The number of ether oxygens (including phenoxy) is 1. The maximum absolute atomic E-state index is 11.9. The molecule has 0 saturated carbocycles. The summed E-state index contributed by atoms with van der Waals surface area (Å²) in [4.78, 5) is 22.4. The number of esters is 1. The van der Waals surface area contributed by atoms with Gasteiger partial charge < -0.3 is 14.2 Å². The first-order valence-electron chi connectivity index (χ1n) is 6.83. The van der Waals surface area contributed by atoms with Gasteiger partial charge in [-0.25, -0.2) is 9.78 Å². The molecular weight excluding hydrogens is 260 g/mol. The Kier molecular flexibility index (Phi) is 3.49. The van der Waals surface area contributed by atoms with E-state index in [2.05, 4.69) is 20.0 Å². The van der Waals surface area contributed by atoms with Gasteiger partial charge in [0.15, 0.2) is 0 Å². The molecule has 1 aliphatic heterocycles. The summed E-state index contributed by atoms with van der Waals surface area (Å²) in [6, 6.07) is 0. The van der Waals surface area contributed by atoms with Gasteiger partial charge in [0.05, 0.1) is 6.61 Å². The highest BCUT2D eigenvalue weighted by Gasteiger charge is 2.25. The number of hydrogen-bond donors (Lipinski definition) is 0. The van der Waals surface area contributed by atoms with E-state index in [1.807, 2.05) is 0 Å². The highest BCUT2D eigenvalue weighted by Crippen LogP contribution is 2.28. The van der Waals surface area contributed by atoms with Crippen LogP contribution in [0.1, 0.15) is 36.7 Å². The van der Waals surface area contributed by atoms with Crippen molar-refractivity contribution >= 4 is 22.9 Å². The number of carbonyl (C=O) groups excluding carboxylic acids is 1. The molecule has 1 aliphatic rings. The lowest BCUT2D eigenvalue weighted by Gasteiger charge is -2.27. The number of carbonyl (C=O) groups is 1. The maximum atomic E-state index is 11.9. The van der Waals surface area contributed by atoms with Crippen LogP contribution in [0, 0.1) is 0 Å². The SMILES string of the molecule is CCOC(=O)c1noc2ncnc(N3CCCCC3)c12. The van der Waals surface area contributed by atoms with Crippen LogP contribution < -0.4 is 4.90 Å². The number of hydrogen-bond acceptors (Lipinski definition) is 7. The molecule has 1 fully saturated rings. The number of anilines is 1. The number of aromatic nitrogens is 3. The predicted molar refractivity (Wildman–Crippen MR) is 71.6 cm³/mol. The van der Waals surface area contributed by atoms with E-state index in [0.717, 1.165) is 25.9 Å². The maximum Gasteiger partial charge on any atom is 0.361 e. The van der Waals surface area contributed by atoms with Crippen LogP contribution in [0.3, 0.4) is 0 Å². The first-order valence-corrected chi connectivity index (χ1v) is 6.83. The third-order valence-corrected chi connectivity index (χ3v) is 3.38. The Balaban J connectivity index is 2.06. The minimum atomic E-state index is -0.501. The molecule has 3 rings (SSSR count). The molecule has 0 aromatic carbocycles. The van der Waals surface area contributed by atoms with E-state index in [9.17, 15) is 4.79 Å². The van der Waals surface area contributed by atoms with Crippen molar-refractivity contribution in [2.75, 3.05) is 24.6 Å². The summed E-state index contributed by atoms with van der Waals surface area (Å²) in [6.45, 7) is 3.88. The van der Waals surface area contributed by atoms with Crippen molar-refractivity contribution in [3.05, 3.63) is 12.0 Å². The average Bonchev–Trinajstić information content (AvgIpc) is 2.92. The monoisotopic (exact) mass is 276 g/mol. The van der Waals surface area contributed by atoms with E-state index >= 15 is 0 Å². The van der Waals surface area contributed by atoms with Crippen molar-refractivity contribution in [1.29, 1.82) is 0 Å². The van der Waals surface area contributed by atoms with Gasteiger partial charge in [-0.2, -0.15) is 4.98 Å². The summed E-state index contributed by atoms with van der Waals surface area (Å²) >= 11 is 0. The van der Waals surface area contributed by atoms with Crippen molar-refractivity contribution in [3.63, 3.8) is 0 Å². The fraction of sp³-hybridized carbons (Fsp3) is 0.538. The van der Waals surface area contributed by atoms with Crippen molar-refractivity contribution in [2.45, 2.75) is 26.2 Å². The van der Waals surface area contributed by atoms with Crippen LogP contribution in [0.2, 0.25) is 0 Å². The van der Waals surface area contributed by atoms with Crippen LogP contribution in [-0.4, -0.2) is 40.8 Å². The van der Waals surface area contributed by atoms with Gasteiger partial charge in [-0.1, -0.05) is 5.16 Å². The van der Waals surface area contributed by atoms with Crippen LogP contribution >= 0.6 is 0 Å². The van der Waals surface area contributed by atoms with Gasteiger partial charge in [-0.05, 0) is 26.2 Å². The summed E-state index contributed by atoms with van der Waals surface area (Å²) in [6.07, 6.45) is 4.89. The molecule has 2 aromatic heterocycles. The molecule has 20 heavy (non-hydrogen) atoms. The van der Waals surface area contributed by atoms with Gasteiger partial charge >= 0.3 is 5.97 Å². The third kappa shape index (κ3) is 2.19. The Bertz CT molecular complexity index is 619. The molecule has 106 valence electrons. The van der Waals surface area contributed by atoms with Crippen LogP contribution in [0.25, 0.3) is 11.1 Å². The predicted octanol–water partition coefficient (Wildman–Crippen LogP) is 1.78. The van der Waals surface area contributed by atoms with Gasteiger partial charge in [-0.15, -0.1) is 0 Å². The quantitative estimate of drug-likeness (QED) is 0.790. The van der Waals surface area contributed by atoms with Crippen LogP contribution in [0.5, 0.6) is 0 Å². The van der Waals surface area contributed by atoms with Crippen molar-refractivity contribution in [1.82, 2.24) is 15.1 Å². The summed E-state index contributed by atoms with van der Waals surface area (Å²) in [5.74, 6) is 0.207. The molecule has 2 aromatic rings. The van der Waals surface area contributed by atoms with Gasteiger partial charge in [0.2, 0.25) is 5.69 Å². The zero-order chi connectivity index (χ0) is 13.9. The number of nitrogens with zero attached hydrogens (tertiary/aromatic N) is 4. The molecule has 3 heterocycles. The Hall–Kier alpha value is -2.18. The van der Waals surface area contributed by atoms with Crippen molar-refractivity contribution in [3.8, 4) is 0 Å². The molecule has 0 unspecified atom stereocenters. The molecule has 0 bridgehead atoms. The van der Waals surface area contributed by atoms with E-state index in [0.29, 0.717) is 23.5 Å². The highest BCUT2D eigenvalue weighted by atomic mass is 16.5. The highest BCUT2D eigenvalue weighted by molar-refractivity contribution is 6.04. The Labute approximate surface area is 115 Å². The van der Waals surface area contributed by atoms with E-state index in [1.165, 1.54) is 12.7 Å². The molecule has 0 amide bonds. The Morgan fingerprint density at radius 3 is 2.90 bits per heavy atom. The second-order valence-electron chi connectivity index (χ2n) is 4.68. The lowest BCUT2D eigenvalue weighted by Crippen LogP contribution is -2.30. The average molecular weight is 276 g/mol. The molecule has 0 radical (unpaired) electrons. The molecule has 0 atom stereocenters. The van der Waals surface area contributed by atoms with Crippen LogP contribution in [0.4, 0.5) is 5.82 Å². The fourth-order valence-electron chi connectivity index (χ4n) is 2.46. The minimum absolute atomic E-state index is 0.156. The molecule has 7 heteroatoms. The second-order valence-corrected chi connectivity index (χ2v) is 4.68. The molecular formula is C13H16N4O3. The largest absolute Gasteiger partial charge is 0.461 e. The first-order chi connectivity index (χ1) is 9.81. The molecule has 7 nitrogen and oxygen atoms in total. The smallest absolute Gasteiger partial charge is 0.361 e. The molecule has 0 N–H and O–H groups in total. The lowest BCUT2D eigenvalue weighted by atomic mass is 10.1. The number of piperidine rings is 1. The summed E-state index contributed by atoms with van der Waals surface area (Å²) in [7, 11) is 0. The summed E-state index contributed by atoms with van der Waals surface area (Å²) in [5, 5.41) is 4.34. The van der Waals surface area contributed by atoms with Gasteiger partial charge in [-0.3, -0.25) is 0 Å². The zero-order valence-corrected chi connectivity index (χ0v) is 11.3. The molecule has 1 saturated heterocycles. The topological polar surface area (TPSA) is 81.3 Å². The summed E-state index contributed by atoms with van der Waals surface area (Å²) in [5.41, 5.74) is 0.478. The Morgan fingerprint density at radius 1 is 1.35 bits per heavy atom. The fourth-order valence-corrected chi connectivity index (χ4v) is 2.46. The zero-order valence-electron chi connectivity index (χ0n) is 11.3. The van der Waals surface area contributed by atoms with Crippen LogP contribution in [0.15, 0.2) is 10.9 Å². The second kappa shape index (κ2) is 5.44. The van der Waals surface area contributed by atoms with E-state index < -0.39 is 5.97 Å².